The number of halogens is 1. The lowest BCUT2D eigenvalue weighted by Gasteiger charge is -2.32. The fourth-order valence-corrected chi connectivity index (χ4v) is 4.20. The van der Waals surface area contributed by atoms with E-state index in [2.05, 4.69) is 9.88 Å². The van der Waals surface area contributed by atoms with E-state index >= 15 is 0 Å². The molecule has 1 aliphatic heterocycles. The van der Waals surface area contributed by atoms with E-state index in [0.29, 0.717) is 53.5 Å². The Labute approximate surface area is 157 Å². The van der Waals surface area contributed by atoms with E-state index in [4.69, 9.17) is 16.1 Å². The molecule has 0 aliphatic carbocycles. The number of benzene rings is 1. The van der Waals surface area contributed by atoms with Crippen LogP contribution in [0.3, 0.4) is 0 Å². The molecule has 1 N–H and O–H groups in total. The minimum atomic E-state index is -3.33. The van der Waals surface area contributed by atoms with Crippen LogP contribution >= 0.6 is 11.6 Å². The third kappa shape index (κ3) is 4.08. The molecule has 1 amide bonds. The SMILES string of the molecule is Cc1onc(-c2ccccc2Cl)c1C(=O)N1CCCC(NS(C)(=O)=O)C1. The standard InChI is InChI=1S/C17H20ClN3O4S/c1-11-15(16(19-25-11)13-7-3-4-8-14(13)18)17(22)21-9-5-6-12(10-21)20-26(2,23)24/h3-4,7-8,12,20H,5-6,9-10H2,1-2H3. The van der Waals surface area contributed by atoms with Crippen molar-refractivity contribution in [3.63, 3.8) is 0 Å². The number of amides is 1. The molecular weight excluding hydrogens is 378 g/mol. The average Bonchev–Trinajstić information content (AvgIpc) is 2.94. The molecule has 0 saturated carbocycles. The normalized spacial score (nSPS) is 18.1. The van der Waals surface area contributed by atoms with Crippen molar-refractivity contribution in [1.29, 1.82) is 0 Å². The van der Waals surface area contributed by atoms with E-state index in [1.54, 1.807) is 30.0 Å². The molecule has 7 nitrogen and oxygen atoms in total. The Hall–Kier alpha value is -1.90. The number of nitrogens with one attached hydrogen (secondary N) is 1. The molecule has 0 bridgehead atoms. The summed E-state index contributed by atoms with van der Waals surface area (Å²) in [5, 5.41) is 4.50. The van der Waals surface area contributed by atoms with Crippen LogP contribution in [0.1, 0.15) is 29.0 Å². The Morgan fingerprint density at radius 3 is 2.81 bits per heavy atom. The molecule has 0 spiro atoms. The number of aromatic nitrogens is 1. The zero-order chi connectivity index (χ0) is 18.9. The Morgan fingerprint density at radius 1 is 1.38 bits per heavy atom. The average molecular weight is 398 g/mol. The molecular formula is C17H20ClN3O4S. The summed E-state index contributed by atoms with van der Waals surface area (Å²) in [4.78, 5) is 14.7. The smallest absolute Gasteiger partial charge is 0.259 e. The van der Waals surface area contributed by atoms with Crippen LogP contribution in [-0.2, 0) is 10.0 Å². The molecule has 1 unspecified atom stereocenters. The zero-order valence-electron chi connectivity index (χ0n) is 14.5. The lowest BCUT2D eigenvalue weighted by molar-refractivity contribution is 0.0702. The minimum absolute atomic E-state index is 0.237. The van der Waals surface area contributed by atoms with Gasteiger partial charge in [0.15, 0.2) is 0 Å². The van der Waals surface area contributed by atoms with E-state index in [1.165, 1.54) is 0 Å². The van der Waals surface area contributed by atoms with E-state index < -0.39 is 10.0 Å². The van der Waals surface area contributed by atoms with Gasteiger partial charge in [-0.1, -0.05) is 35.0 Å². The van der Waals surface area contributed by atoms with Gasteiger partial charge in [0.1, 0.15) is 17.0 Å². The number of nitrogens with zero attached hydrogens (tertiary/aromatic N) is 2. The molecule has 3 rings (SSSR count). The van der Waals surface area contributed by atoms with Crippen molar-refractivity contribution in [2.24, 2.45) is 0 Å². The number of aryl methyl sites for hydroxylation is 1. The predicted molar refractivity (Wildman–Crippen MR) is 98.6 cm³/mol. The predicted octanol–water partition coefficient (Wildman–Crippen LogP) is 2.46. The van der Waals surface area contributed by atoms with Crippen LogP contribution in [-0.4, -0.2) is 49.8 Å². The summed E-state index contributed by atoms with van der Waals surface area (Å²) in [5.74, 6) is 0.168. The van der Waals surface area contributed by atoms with E-state index in [-0.39, 0.29) is 11.9 Å². The highest BCUT2D eigenvalue weighted by molar-refractivity contribution is 7.88. The Morgan fingerprint density at radius 2 is 2.12 bits per heavy atom. The zero-order valence-corrected chi connectivity index (χ0v) is 16.1. The molecule has 1 atom stereocenters. The summed E-state index contributed by atoms with van der Waals surface area (Å²) in [6, 6.07) is 6.81. The quantitative estimate of drug-likeness (QED) is 0.855. The third-order valence-electron chi connectivity index (χ3n) is 4.29. The number of likely N-dealkylation sites (tertiary alicyclic amines) is 1. The van der Waals surface area contributed by atoms with E-state index in [1.807, 2.05) is 6.07 Å². The Bertz CT molecular complexity index is 926. The summed E-state index contributed by atoms with van der Waals surface area (Å²) >= 11 is 6.24. The molecule has 2 heterocycles. The fraction of sp³-hybridized carbons (Fsp3) is 0.412. The number of sulfonamides is 1. The van der Waals surface area contributed by atoms with Crippen molar-refractivity contribution in [3.8, 4) is 11.3 Å². The van der Waals surface area contributed by atoms with Gasteiger partial charge >= 0.3 is 0 Å². The molecule has 1 aromatic heterocycles. The maximum Gasteiger partial charge on any atom is 0.259 e. The van der Waals surface area contributed by atoms with Crippen LogP contribution in [0.4, 0.5) is 0 Å². The highest BCUT2D eigenvalue weighted by Crippen LogP contribution is 2.32. The van der Waals surface area contributed by atoms with Gasteiger partial charge in [-0.3, -0.25) is 4.79 Å². The van der Waals surface area contributed by atoms with Crippen molar-refractivity contribution in [3.05, 3.63) is 40.6 Å². The van der Waals surface area contributed by atoms with Crippen molar-refractivity contribution < 1.29 is 17.7 Å². The Kier molecular flexibility index (Phi) is 5.36. The molecule has 1 saturated heterocycles. The van der Waals surface area contributed by atoms with Gasteiger partial charge < -0.3 is 9.42 Å². The van der Waals surface area contributed by atoms with Crippen LogP contribution in [0.5, 0.6) is 0 Å². The fourth-order valence-electron chi connectivity index (χ4n) is 3.18. The van der Waals surface area contributed by atoms with Crippen LogP contribution in [0.25, 0.3) is 11.3 Å². The van der Waals surface area contributed by atoms with Gasteiger partial charge in [-0.25, -0.2) is 13.1 Å². The number of carbonyl (C=O) groups excluding carboxylic acids is 1. The second kappa shape index (κ2) is 7.38. The molecule has 1 aliphatic rings. The molecule has 2 aromatic rings. The largest absolute Gasteiger partial charge is 0.360 e. The maximum absolute atomic E-state index is 13.1. The number of carbonyl (C=O) groups is 1. The monoisotopic (exact) mass is 397 g/mol. The van der Waals surface area contributed by atoms with Gasteiger partial charge in [0.05, 0.1) is 11.3 Å². The summed E-state index contributed by atoms with van der Waals surface area (Å²) in [5.41, 5.74) is 1.38. The molecule has 0 radical (unpaired) electrons. The minimum Gasteiger partial charge on any atom is -0.360 e. The number of rotatable bonds is 4. The number of hydrogen-bond donors (Lipinski definition) is 1. The van der Waals surface area contributed by atoms with Crippen LogP contribution < -0.4 is 4.72 Å². The van der Waals surface area contributed by atoms with Crippen LogP contribution in [0, 0.1) is 6.92 Å². The second-order valence-electron chi connectivity index (χ2n) is 6.42. The van der Waals surface area contributed by atoms with Crippen LogP contribution in [0.15, 0.2) is 28.8 Å². The molecule has 26 heavy (non-hydrogen) atoms. The number of piperidine rings is 1. The first-order chi connectivity index (χ1) is 12.3. The van der Waals surface area contributed by atoms with Crippen molar-refractivity contribution >= 4 is 27.5 Å². The van der Waals surface area contributed by atoms with E-state index in [0.717, 1.165) is 6.26 Å². The lowest BCUT2D eigenvalue weighted by atomic mass is 10.0. The lowest BCUT2D eigenvalue weighted by Crippen LogP contribution is -2.49. The topological polar surface area (TPSA) is 92.5 Å². The summed E-state index contributed by atoms with van der Waals surface area (Å²) in [7, 11) is -3.33. The maximum atomic E-state index is 13.1. The summed E-state index contributed by atoms with van der Waals surface area (Å²) in [6.07, 6.45) is 2.52. The van der Waals surface area contributed by atoms with Crippen LogP contribution in [0.2, 0.25) is 5.02 Å². The first kappa shape index (κ1) is 18.9. The molecule has 1 fully saturated rings. The van der Waals surface area contributed by atoms with Gasteiger partial charge in [0, 0.05) is 24.7 Å². The second-order valence-corrected chi connectivity index (χ2v) is 8.61. The van der Waals surface area contributed by atoms with E-state index in [9.17, 15) is 13.2 Å². The highest BCUT2D eigenvalue weighted by Gasteiger charge is 2.31. The first-order valence-corrected chi connectivity index (χ1v) is 10.5. The van der Waals surface area contributed by atoms with Gasteiger partial charge in [0.25, 0.3) is 5.91 Å². The summed E-state index contributed by atoms with van der Waals surface area (Å²) < 4.78 is 30.8. The molecule has 1 aromatic carbocycles. The molecule has 9 heteroatoms. The van der Waals surface area contributed by atoms with Crippen molar-refractivity contribution in [1.82, 2.24) is 14.8 Å². The van der Waals surface area contributed by atoms with Gasteiger partial charge in [0.2, 0.25) is 10.0 Å². The van der Waals surface area contributed by atoms with Gasteiger partial charge in [-0.05, 0) is 25.8 Å². The van der Waals surface area contributed by atoms with Crippen molar-refractivity contribution in [2.75, 3.05) is 19.3 Å². The first-order valence-electron chi connectivity index (χ1n) is 8.24. The van der Waals surface area contributed by atoms with Crippen molar-refractivity contribution in [2.45, 2.75) is 25.8 Å². The number of hydrogen-bond acceptors (Lipinski definition) is 5. The molecule has 140 valence electrons. The van der Waals surface area contributed by atoms with Gasteiger partial charge in [-0.2, -0.15) is 0 Å². The van der Waals surface area contributed by atoms with Gasteiger partial charge in [-0.15, -0.1) is 0 Å². The summed E-state index contributed by atoms with van der Waals surface area (Å²) in [6.45, 7) is 2.53. The third-order valence-corrected chi connectivity index (χ3v) is 5.39. The Balaban J connectivity index is 1.89. The highest BCUT2D eigenvalue weighted by atomic mass is 35.5.